The van der Waals surface area contributed by atoms with E-state index in [1.54, 1.807) is 23.6 Å². The number of hydrogen-bond donors (Lipinski definition) is 0. The number of halogens is 2. The van der Waals surface area contributed by atoms with Crippen molar-refractivity contribution in [1.82, 2.24) is 19.1 Å². The van der Waals surface area contributed by atoms with Crippen LogP contribution in [-0.2, 0) is 13.1 Å². The fourth-order valence-electron chi connectivity index (χ4n) is 4.68. The van der Waals surface area contributed by atoms with E-state index >= 15 is 0 Å². The lowest BCUT2D eigenvalue weighted by Gasteiger charge is -2.29. The van der Waals surface area contributed by atoms with E-state index in [0.29, 0.717) is 35.4 Å². The molecule has 0 saturated carbocycles. The predicted octanol–water partition coefficient (Wildman–Crippen LogP) is 5.17. The van der Waals surface area contributed by atoms with Crippen molar-refractivity contribution < 1.29 is 13.6 Å². The molecule has 1 aliphatic heterocycles. The lowest BCUT2D eigenvalue weighted by Crippen LogP contribution is -2.38. The van der Waals surface area contributed by atoms with Crippen molar-refractivity contribution in [2.75, 3.05) is 6.54 Å². The summed E-state index contributed by atoms with van der Waals surface area (Å²) in [5, 5.41) is 4.62. The molecule has 5 nitrogen and oxygen atoms in total. The molecule has 3 aromatic heterocycles. The van der Waals surface area contributed by atoms with Crippen LogP contribution in [-0.4, -0.2) is 31.5 Å². The maximum Gasteiger partial charge on any atom is 0.256 e. The third-order valence-electron chi connectivity index (χ3n) is 6.17. The van der Waals surface area contributed by atoms with Crippen LogP contribution >= 0.6 is 0 Å². The number of carbonyl (C=O) groups is 1. The highest BCUT2D eigenvalue weighted by Gasteiger charge is 2.28. The van der Waals surface area contributed by atoms with E-state index < -0.39 is 11.6 Å². The third-order valence-corrected chi connectivity index (χ3v) is 6.17. The number of fused-ring (bicyclic) bond motifs is 2. The van der Waals surface area contributed by atoms with Crippen LogP contribution in [0.1, 0.15) is 47.2 Å². The van der Waals surface area contributed by atoms with Crippen molar-refractivity contribution in [3.05, 3.63) is 82.9 Å². The monoisotopic (exact) mass is 434 g/mol. The Morgan fingerprint density at radius 3 is 2.47 bits per heavy atom. The molecule has 4 aromatic rings. The molecular weight excluding hydrogens is 410 g/mol. The van der Waals surface area contributed by atoms with Gasteiger partial charge in [0.15, 0.2) is 0 Å². The van der Waals surface area contributed by atoms with Gasteiger partial charge >= 0.3 is 0 Å². The van der Waals surface area contributed by atoms with Gasteiger partial charge in [0, 0.05) is 30.5 Å². The molecule has 0 fully saturated rings. The molecule has 0 saturated heterocycles. The highest BCUT2D eigenvalue weighted by Crippen LogP contribution is 2.35. The summed E-state index contributed by atoms with van der Waals surface area (Å²) < 4.78 is 33.0. The molecule has 0 unspecified atom stereocenters. The third kappa shape index (κ3) is 3.11. The van der Waals surface area contributed by atoms with Gasteiger partial charge in [-0.2, -0.15) is 5.10 Å². The maximum atomic E-state index is 14.6. The Hall–Kier alpha value is -3.48. The smallest absolute Gasteiger partial charge is 0.256 e. The van der Waals surface area contributed by atoms with E-state index in [2.05, 4.69) is 9.67 Å². The van der Waals surface area contributed by atoms with Crippen molar-refractivity contribution in [3.63, 3.8) is 0 Å². The van der Waals surface area contributed by atoms with E-state index in [4.69, 9.17) is 0 Å². The molecule has 0 aliphatic carbocycles. The topological polar surface area (TPSA) is 42.5 Å². The number of carbonyl (C=O) groups excluding carboxylic acids is 1. The van der Waals surface area contributed by atoms with Crippen LogP contribution in [0.2, 0.25) is 0 Å². The fraction of sp³-hybridized carbons (Fsp3) is 0.280. The van der Waals surface area contributed by atoms with Crippen molar-refractivity contribution in [2.45, 2.75) is 39.8 Å². The first-order valence-corrected chi connectivity index (χ1v) is 10.8. The molecule has 5 rings (SSSR count). The van der Waals surface area contributed by atoms with Crippen LogP contribution in [0.15, 0.2) is 48.7 Å². The number of benzene rings is 1. The molecular formula is C25H24F2N4O. The van der Waals surface area contributed by atoms with Gasteiger partial charge in [0.25, 0.3) is 5.91 Å². The Morgan fingerprint density at radius 2 is 1.75 bits per heavy atom. The van der Waals surface area contributed by atoms with E-state index in [0.717, 1.165) is 17.9 Å². The summed E-state index contributed by atoms with van der Waals surface area (Å²) in [6.45, 7) is 7.65. The second-order valence-electron chi connectivity index (χ2n) is 8.56. The Kier molecular flexibility index (Phi) is 4.84. The second kappa shape index (κ2) is 7.58. The molecule has 4 heterocycles. The van der Waals surface area contributed by atoms with Crippen LogP contribution in [0.5, 0.6) is 0 Å². The van der Waals surface area contributed by atoms with Crippen molar-refractivity contribution in [2.24, 2.45) is 0 Å². The Morgan fingerprint density at radius 1 is 1.00 bits per heavy atom. The Bertz CT molecular complexity index is 1330. The van der Waals surface area contributed by atoms with Crippen LogP contribution < -0.4 is 0 Å². The summed E-state index contributed by atoms with van der Waals surface area (Å²) in [7, 11) is 0. The van der Waals surface area contributed by atoms with Gasteiger partial charge in [0.05, 0.1) is 34.6 Å². The summed E-state index contributed by atoms with van der Waals surface area (Å²) in [4.78, 5) is 15.4. The molecule has 1 amide bonds. The van der Waals surface area contributed by atoms with Gasteiger partial charge < -0.3 is 9.47 Å². The van der Waals surface area contributed by atoms with Crippen LogP contribution in [0.25, 0.3) is 16.6 Å². The van der Waals surface area contributed by atoms with Gasteiger partial charge in [0.1, 0.15) is 11.6 Å². The molecule has 1 aromatic carbocycles. The number of hydrogen-bond acceptors (Lipinski definition) is 2. The average Bonchev–Trinajstić information content (AvgIpc) is 3.35. The zero-order chi connectivity index (χ0) is 22.6. The SMILES string of the molecule is Cc1nn2c(C(C)C)c(C(=O)N3CCn4cccc4C3)ccc2c1-c1c(F)cccc1F. The molecule has 0 radical (unpaired) electrons. The van der Waals surface area contributed by atoms with Crippen molar-refractivity contribution >= 4 is 11.4 Å². The lowest BCUT2D eigenvalue weighted by atomic mass is 9.99. The van der Waals surface area contributed by atoms with E-state index in [-0.39, 0.29) is 17.4 Å². The minimum Gasteiger partial charge on any atom is -0.348 e. The van der Waals surface area contributed by atoms with Gasteiger partial charge in [-0.1, -0.05) is 19.9 Å². The van der Waals surface area contributed by atoms with Crippen LogP contribution in [0.3, 0.4) is 0 Å². The van der Waals surface area contributed by atoms with Gasteiger partial charge in [-0.15, -0.1) is 0 Å². The molecule has 0 spiro atoms. The number of aromatic nitrogens is 3. The number of pyridine rings is 1. The highest BCUT2D eigenvalue weighted by molar-refractivity contribution is 5.97. The Labute approximate surface area is 184 Å². The minimum atomic E-state index is -0.634. The summed E-state index contributed by atoms with van der Waals surface area (Å²) in [5.41, 5.74) is 3.82. The van der Waals surface area contributed by atoms with Gasteiger partial charge in [-0.3, -0.25) is 4.79 Å². The van der Waals surface area contributed by atoms with Gasteiger partial charge in [-0.05, 0) is 49.2 Å². The molecule has 164 valence electrons. The first-order chi connectivity index (χ1) is 15.4. The second-order valence-corrected chi connectivity index (χ2v) is 8.56. The first kappa shape index (κ1) is 20.4. The van der Waals surface area contributed by atoms with Crippen LogP contribution in [0.4, 0.5) is 8.78 Å². The lowest BCUT2D eigenvalue weighted by molar-refractivity contribution is 0.0708. The summed E-state index contributed by atoms with van der Waals surface area (Å²) in [6, 6.07) is 11.4. The van der Waals surface area contributed by atoms with E-state index in [1.165, 1.54) is 18.2 Å². The molecule has 7 heteroatoms. The highest BCUT2D eigenvalue weighted by atomic mass is 19.1. The largest absolute Gasteiger partial charge is 0.348 e. The van der Waals surface area contributed by atoms with Crippen molar-refractivity contribution in [3.8, 4) is 11.1 Å². The predicted molar refractivity (Wildman–Crippen MR) is 119 cm³/mol. The number of rotatable bonds is 3. The molecule has 0 bridgehead atoms. The quantitative estimate of drug-likeness (QED) is 0.447. The molecule has 0 atom stereocenters. The van der Waals surface area contributed by atoms with Gasteiger partial charge in [-0.25, -0.2) is 13.3 Å². The first-order valence-electron chi connectivity index (χ1n) is 10.8. The average molecular weight is 434 g/mol. The van der Waals surface area contributed by atoms with Gasteiger partial charge in [0.2, 0.25) is 0 Å². The molecule has 32 heavy (non-hydrogen) atoms. The molecule has 0 N–H and O–H groups in total. The molecule has 1 aliphatic rings. The zero-order valence-corrected chi connectivity index (χ0v) is 18.3. The van der Waals surface area contributed by atoms with E-state index in [1.807, 2.05) is 37.1 Å². The standard InChI is InChI=1S/C25H24F2N4O/c1-15(2)24-18(25(32)30-13-12-29-11-5-6-17(29)14-30)9-10-21-22(16(3)28-31(21)24)23-19(26)7-4-8-20(23)27/h4-11,15H,12-14H2,1-3H3. The fourth-order valence-corrected chi connectivity index (χ4v) is 4.68. The number of nitrogens with zero attached hydrogens (tertiary/aromatic N) is 4. The minimum absolute atomic E-state index is 0.0241. The maximum absolute atomic E-state index is 14.6. The van der Waals surface area contributed by atoms with Crippen molar-refractivity contribution in [1.29, 1.82) is 0 Å². The summed E-state index contributed by atoms with van der Waals surface area (Å²) in [6.07, 6.45) is 2.03. The Balaban J connectivity index is 1.65. The van der Waals surface area contributed by atoms with Crippen LogP contribution in [0, 0.1) is 18.6 Å². The summed E-state index contributed by atoms with van der Waals surface area (Å²) in [5.74, 6) is -1.35. The normalized spacial score (nSPS) is 13.8. The number of amides is 1. The van der Waals surface area contributed by atoms with E-state index in [9.17, 15) is 13.6 Å². The summed E-state index contributed by atoms with van der Waals surface area (Å²) >= 11 is 0. The zero-order valence-electron chi connectivity index (χ0n) is 18.3. The number of aryl methyl sites for hydroxylation is 1.